The summed E-state index contributed by atoms with van der Waals surface area (Å²) < 4.78 is 13.7. The molecule has 0 bridgehead atoms. The third kappa shape index (κ3) is 4.35. The molecule has 1 aliphatic rings. The highest BCUT2D eigenvalue weighted by atomic mass is 16.5. The van der Waals surface area contributed by atoms with Gasteiger partial charge in [-0.1, -0.05) is 57.2 Å². The molecule has 2 aromatic carbocycles. The van der Waals surface area contributed by atoms with Crippen LogP contribution >= 0.6 is 0 Å². The average molecular weight is 419 g/mol. The van der Waals surface area contributed by atoms with Gasteiger partial charge in [0.15, 0.2) is 11.5 Å². The lowest BCUT2D eigenvalue weighted by Crippen LogP contribution is -2.29. The maximum absolute atomic E-state index is 5.73. The predicted octanol–water partition coefficient (Wildman–Crippen LogP) is 5.80. The molecule has 31 heavy (non-hydrogen) atoms. The van der Waals surface area contributed by atoms with Gasteiger partial charge in [-0.15, -0.1) is 0 Å². The average Bonchev–Trinajstić information content (AvgIpc) is 3.14. The number of aryl methyl sites for hydroxylation is 1. The van der Waals surface area contributed by atoms with E-state index in [1.54, 1.807) is 14.2 Å². The summed E-state index contributed by atoms with van der Waals surface area (Å²) >= 11 is 0. The van der Waals surface area contributed by atoms with E-state index < -0.39 is 0 Å². The second kappa shape index (κ2) is 8.80. The van der Waals surface area contributed by atoms with Crippen molar-refractivity contribution in [3.8, 4) is 11.5 Å². The van der Waals surface area contributed by atoms with Crippen molar-refractivity contribution >= 4 is 0 Å². The first kappa shape index (κ1) is 21.5. The molecule has 3 aromatic rings. The van der Waals surface area contributed by atoms with Crippen molar-refractivity contribution in [3.05, 3.63) is 83.2 Å². The van der Waals surface area contributed by atoms with Gasteiger partial charge in [-0.05, 0) is 41.2 Å². The minimum absolute atomic E-state index is 0.149. The molecule has 2 heterocycles. The van der Waals surface area contributed by atoms with Gasteiger partial charge in [-0.3, -0.25) is 4.90 Å². The third-order valence-electron chi connectivity index (χ3n) is 6.30. The first-order valence-corrected chi connectivity index (χ1v) is 11.1. The molecule has 0 fully saturated rings. The van der Waals surface area contributed by atoms with E-state index in [0.29, 0.717) is 0 Å². The number of hydrogen-bond donors (Lipinski definition) is 0. The Morgan fingerprint density at radius 1 is 0.903 bits per heavy atom. The molecular weight excluding hydrogens is 384 g/mol. The van der Waals surface area contributed by atoms with E-state index >= 15 is 0 Å². The van der Waals surface area contributed by atoms with Crippen LogP contribution in [0, 0.1) is 0 Å². The van der Waals surface area contributed by atoms with Gasteiger partial charge in [0.2, 0.25) is 0 Å². The van der Waals surface area contributed by atoms with Crippen LogP contribution in [0.1, 0.15) is 55.6 Å². The molecule has 0 amide bonds. The van der Waals surface area contributed by atoms with E-state index in [1.165, 1.54) is 16.8 Å². The van der Waals surface area contributed by atoms with Crippen LogP contribution in [0.2, 0.25) is 0 Å². The number of methoxy groups -OCH3 is 2. The Kier molecular flexibility index (Phi) is 6.10. The van der Waals surface area contributed by atoms with E-state index in [0.717, 1.165) is 43.1 Å². The monoisotopic (exact) mass is 418 g/mol. The smallest absolute Gasteiger partial charge is 0.165 e. The lowest BCUT2D eigenvalue weighted by Gasteiger charge is -2.32. The quantitative estimate of drug-likeness (QED) is 0.524. The fourth-order valence-corrected chi connectivity index (χ4v) is 4.65. The normalized spacial score (nSPS) is 17.1. The maximum atomic E-state index is 5.73. The van der Waals surface area contributed by atoms with E-state index in [2.05, 4.69) is 78.9 Å². The third-order valence-corrected chi connectivity index (χ3v) is 6.30. The first-order valence-electron chi connectivity index (χ1n) is 11.1. The highest BCUT2D eigenvalue weighted by Crippen LogP contribution is 2.37. The van der Waals surface area contributed by atoms with Crippen molar-refractivity contribution in [2.45, 2.75) is 51.7 Å². The number of fused-ring (bicyclic) bond motifs is 1. The van der Waals surface area contributed by atoms with Crippen molar-refractivity contribution in [1.82, 2.24) is 9.47 Å². The predicted molar refractivity (Wildman–Crippen MR) is 126 cm³/mol. The van der Waals surface area contributed by atoms with Gasteiger partial charge in [-0.2, -0.15) is 0 Å². The molecule has 0 saturated carbocycles. The highest BCUT2D eigenvalue weighted by Gasteiger charge is 2.29. The number of para-hydroxylation sites is 1. The van der Waals surface area contributed by atoms with Crippen LogP contribution < -0.4 is 9.47 Å². The Morgan fingerprint density at radius 3 is 2.35 bits per heavy atom. The Labute approximate surface area is 186 Å². The molecule has 0 spiro atoms. The number of nitrogens with zero attached hydrogens (tertiary/aromatic N) is 2. The molecular formula is C27H34N2O2. The first-order chi connectivity index (χ1) is 14.9. The lowest BCUT2D eigenvalue weighted by atomic mass is 9.86. The highest BCUT2D eigenvalue weighted by molar-refractivity contribution is 5.47. The zero-order valence-electron chi connectivity index (χ0n) is 19.4. The molecule has 0 aliphatic carbocycles. The topological polar surface area (TPSA) is 26.6 Å². The second-order valence-electron chi connectivity index (χ2n) is 9.38. The summed E-state index contributed by atoms with van der Waals surface area (Å²) in [5.41, 5.74) is 5.34. The number of ether oxygens (including phenoxy) is 2. The molecule has 4 heteroatoms. The van der Waals surface area contributed by atoms with Gasteiger partial charge >= 0.3 is 0 Å². The van der Waals surface area contributed by atoms with Crippen molar-refractivity contribution in [1.29, 1.82) is 0 Å². The van der Waals surface area contributed by atoms with E-state index in [4.69, 9.17) is 9.47 Å². The van der Waals surface area contributed by atoms with Gasteiger partial charge in [0.25, 0.3) is 0 Å². The maximum Gasteiger partial charge on any atom is 0.165 e. The zero-order valence-corrected chi connectivity index (χ0v) is 19.4. The summed E-state index contributed by atoms with van der Waals surface area (Å²) in [5.74, 6) is 1.61. The number of benzene rings is 2. The Bertz CT molecular complexity index is 1010. The molecule has 4 rings (SSSR count). The molecule has 164 valence electrons. The fraction of sp³-hybridized carbons (Fsp3) is 0.407. The molecule has 0 saturated heterocycles. The van der Waals surface area contributed by atoms with Gasteiger partial charge in [0.05, 0.1) is 20.3 Å². The van der Waals surface area contributed by atoms with Gasteiger partial charge in [-0.25, -0.2) is 0 Å². The molecule has 0 N–H and O–H groups in total. The minimum atomic E-state index is 0.149. The summed E-state index contributed by atoms with van der Waals surface area (Å²) in [7, 11) is 3.41. The number of hydrogen-bond acceptors (Lipinski definition) is 3. The van der Waals surface area contributed by atoms with Gasteiger partial charge < -0.3 is 14.0 Å². The van der Waals surface area contributed by atoms with Crippen LogP contribution in [-0.2, 0) is 18.5 Å². The van der Waals surface area contributed by atoms with Crippen LogP contribution in [0.4, 0.5) is 0 Å². The number of aromatic nitrogens is 1. The van der Waals surface area contributed by atoms with Crippen molar-refractivity contribution < 1.29 is 9.47 Å². The second-order valence-corrected chi connectivity index (χ2v) is 9.38. The van der Waals surface area contributed by atoms with Crippen LogP contribution in [0.5, 0.6) is 11.5 Å². The summed E-state index contributed by atoms with van der Waals surface area (Å²) in [6, 6.07) is 20.0. The molecule has 1 atom stereocenters. The Morgan fingerprint density at radius 2 is 1.68 bits per heavy atom. The van der Waals surface area contributed by atoms with Crippen LogP contribution in [0.3, 0.4) is 0 Å². The standard InChI is InChI=1S/C27H34N2O2/c1-27(2,3)22-14-12-20(13-15-22)25-23-10-7-16-28(23)17-8-18-29(25)19-21-9-6-11-24(30-4)26(21)31-5/h6-7,9-16,25H,8,17-19H2,1-5H3. The van der Waals surface area contributed by atoms with Crippen molar-refractivity contribution in [2.75, 3.05) is 20.8 Å². The minimum Gasteiger partial charge on any atom is -0.493 e. The van der Waals surface area contributed by atoms with Crippen molar-refractivity contribution in [2.24, 2.45) is 0 Å². The Hall–Kier alpha value is -2.72. The zero-order chi connectivity index (χ0) is 22.0. The van der Waals surface area contributed by atoms with Crippen molar-refractivity contribution in [3.63, 3.8) is 0 Å². The Balaban J connectivity index is 1.74. The summed E-state index contributed by atoms with van der Waals surface area (Å²) in [6.07, 6.45) is 3.33. The number of rotatable bonds is 5. The van der Waals surface area contributed by atoms with Crippen LogP contribution in [-0.4, -0.2) is 30.2 Å². The molecule has 4 nitrogen and oxygen atoms in total. The van der Waals surface area contributed by atoms with E-state index in [-0.39, 0.29) is 11.5 Å². The van der Waals surface area contributed by atoms with Gasteiger partial charge in [0, 0.05) is 37.1 Å². The van der Waals surface area contributed by atoms with Crippen LogP contribution in [0.15, 0.2) is 60.8 Å². The molecule has 1 unspecified atom stereocenters. The van der Waals surface area contributed by atoms with E-state index in [1.807, 2.05) is 12.1 Å². The fourth-order valence-electron chi connectivity index (χ4n) is 4.65. The molecule has 1 aromatic heterocycles. The van der Waals surface area contributed by atoms with E-state index in [9.17, 15) is 0 Å². The molecule has 0 radical (unpaired) electrons. The largest absolute Gasteiger partial charge is 0.493 e. The summed E-state index contributed by atoms with van der Waals surface area (Å²) in [4.78, 5) is 2.57. The van der Waals surface area contributed by atoms with Crippen LogP contribution in [0.25, 0.3) is 0 Å². The van der Waals surface area contributed by atoms with Gasteiger partial charge in [0.1, 0.15) is 0 Å². The summed E-state index contributed by atoms with van der Waals surface area (Å²) in [5, 5.41) is 0. The SMILES string of the molecule is COc1cccc(CN2CCCn3cccc3C2c2ccc(C(C)(C)C)cc2)c1OC. The molecule has 1 aliphatic heterocycles. The lowest BCUT2D eigenvalue weighted by molar-refractivity contribution is 0.216. The summed E-state index contributed by atoms with van der Waals surface area (Å²) in [6.45, 7) is 9.66.